The van der Waals surface area contributed by atoms with E-state index < -0.39 is 0 Å². The van der Waals surface area contributed by atoms with E-state index in [1.807, 2.05) is 20.8 Å². The molecule has 0 saturated heterocycles. The van der Waals surface area contributed by atoms with Crippen molar-refractivity contribution in [2.45, 2.75) is 27.2 Å². The summed E-state index contributed by atoms with van der Waals surface area (Å²) in [5.74, 6) is 1.14. The number of nitrogens with zero attached hydrogens (tertiary/aromatic N) is 3. The molecule has 0 amide bonds. The Balaban J connectivity index is 2.14. The zero-order chi connectivity index (χ0) is 15.9. The van der Waals surface area contributed by atoms with Gasteiger partial charge in [0.1, 0.15) is 5.82 Å². The second kappa shape index (κ2) is 7.65. The summed E-state index contributed by atoms with van der Waals surface area (Å²) in [7, 11) is 0. The SMILES string of the molecule is CCOCCCNc1nc(-c2cnc(C)nc2C)cc(=O)[nH]1. The second-order valence-corrected chi connectivity index (χ2v) is 4.87. The van der Waals surface area contributed by atoms with Gasteiger partial charge in [-0.15, -0.1) is 0 Å². The number of H-pyrrole nitrogens is 1. The number of anilines is 1. The third-order valence-electron chi connectivity index (χ3n) is 3.08. The standard InChI is InChI=1S/C15H21N5O2/c1-4-22-7-5-6-16-15-19-13(8-14(21)20-15)12-9-17-11(3)18-10(12)2/h8-9H,4-7H2,1-3H3,(H2,16,19,20,21). The topological polar surface area (TPSA) is 92.8 Å². The molecule has 0 bridgehead atoms. The van der Waals surface area contributed by atoms with Crippen LogP contribution in [-0.2, 0) is 4.74 Å². The van der Waals surface area contributed by atoms with E-state index in [1.54, 1.807) is 6.20 Å². The van der Waals surface area contributed by atoms with Gasteiger partial charge in [-0.3, -0.25) is 9.78 Å². The number of nitrogens with one attached hydrogen (secondary N) is 2. The van der Waals surface area contributed by atoms with E-state index in [4.69, 9.17) is 4.74 Å². The molecule has 2 N–H and O–H groups in total. The molecule has 2 rings (SSSR count). The molecule has 0 atom stereocenters. The Labute approximate surface area is 129 Å². The molecule has 118 valence electrons. The summed E-state index contributed by atoms with van der Waals surface area (Å²) in [5, 5.41) is 3.10. The number of aromatic amines is 1. The Kier molecular flexibility index (Phi) is 5.60. The highest BCUT2D eigenvalue weighted by Gasteiger charge is 2.08. The van der Waals surface area contributed by atoms with Crippen LogP contribution < -0.4 is 10.9 Å². The molecular formula is C15H21N5O2. The smallest absolute Gasteiger partial charge is 0.252 e. The van der Waals surface area contributed by atoms with Crippen molar-refractivity contribution in [3.05, 3.63) is 34.1 Å². The van der Waals surface area contributed by atoms with E-state index in [1.165, 1.54) is 6.07 Å². The maximum atomic E-state index is 11.8. The molecule has 2 heterocycles. The van der Waals surface area contributed by atoms with Crippen LogP contribution in [0.15, 0.2) is 17.1 Å². The van der Waals surface area contributed by atoms with Gasteiger partial charge in [0, 0.05) is 37.6 Å². The zero-order valence-electron chi connectivity index (χ0n) is 13.1. The third-order valence-corrected chi connectivity index (χ3v) is 3.08. The molecule has 2 aromatic rings. The molecule has 7 heteroatoms. The van der Waals surface area contributed by atoms with Crippen LogP contribution in [0.5, 0.6) is 0 Å². The number of hydrogen-bond acceptors (Lipinski definition) is 6. The summed E-state index contributed by atoms with van der Waals surface area (Å²) < 4.78 is 5.27. The van der Waals surface area contributed by atoms with Crippen LogP contribution in [0, 0.1) is 13.8 Å². The highest BCUT2D eigenvalue weighted by atomic mass is 16.5. The van der Waals surface area contributed by atoms with Crippen LogP contribution in [0.3, 0.4) is 0 Å². The van der Waals surface area contributed by atoms with E-state index in [2.05, 4.69) is 25.3 Å². The van der Waals surface area contributed by atoms with Crippen molar-refractivity contribution in [2.75, 3.05) is 25.1 Å². The zero-order valence-corrected chi connectivity index (χ0v) is 13.1. The molecule has 0 aliphatic rings. The minimum atomic E-state index is -0.211. The highest BCUT2D eigenvalue weighted by molar-refractivity contribution is 5.61. The summed E-state index contributed by atoms with van der Waals surface area (Å²) in [5.41, 5.74) is 1.91. The maximum absolute atomic E-state index is 11.8. The van der Waals surface area contributed by atoms with Crippen molar-refractivity contribution in [2.24, 2.45) is 0 Å². The average Bonchev–Trinajstić information content (AvgIpc) is 2.46. The van der Waals surface area contributed by atoms with Gasteiger partial charge in [-0.05, 0) is 27.2 Å². The Bertz CT molecular complexity index is 684. The summed E-state index contributed by atoms with van der Waals surface area (Å²) in [6.07, 6.45) is 2.53. The Morgan fingerprint density at radius 1 is 1.32 bits per heavy atom. The predicted molar refractivity (Wildman–Crippen MR) is 85.0 cm³/mol. The lowest BCUT2D eigenvalue weighted by molar-refractivity contribution is 0.147. The molecule has 0 fully saturated rings. The van der Waals surface area contributed by atoms with Gasteiger partial charge in [0.25, 0.3) is 5.56 Å². The fourth-order valence-corrected chi connectivity index (χ4v) is 2.04. The van der Waals surface area contributed by atoms with Crippen LogP contribution in [0.2, 0.25) is 0 Å². The van der Waals surface area contributed by atoms with Gasteiger partial charge < -0.3 is 10.1 Å². The Morgan fingerprint density at radius 2 is 2.14 bits per heavy atom. The quantitative estimate of drug-likeness (QED) is 0.756. The molecule has 0 spiro atoms. The number of rotatable bonds is 7. The van der Waals surface area contributed by atoms with Crippen molar-refractivity contribution in [1.82, 2.24) is 19.9 Å². The molecule has 0 aliphatic heterocycles. The first-order valence-electron chi connectivity index (χ1n) is 7.33. The monoisotopic (exact) mass is 303 g/mol. The minimum absolute atomic E-state index is 0.211. The van der Waals surface area contributed by atoms with Crippen LogP contribution in [0.4, 0.5) is 5.95 Å². The van der Waals surface area contributed by atoms with E-state index in [9.17, 15) is 4.79 Å². The number of ether oxygens (including phenoxy) is 1. The van der Waals surface area contributed by atoms with Crippen LogP contribution in [-0.4, -0.2) is 39.7 Å². The lowest BCUT2D eigenvalue weighted by atomic mass is 10.2. The van der Waals surface area contributed by atoms with Gasteiger partial charge >= 0.3 is 0 Å². The Morgan fingerprint density at radius 3 is 2.86 bits per heavy atom. The minimum Gasteiger partial charge on any atom is -0.382 e. The first-order valence-corrected chi connectivity index (χ1v) is 7.33. The van der Waals surface area contributed by atoms with Gasteiger partial charge in [0.2, 0.25) is 5.95 Å². The lowest BCUT2D eigenvalue weighted by Gasteiger charge is -2.08. The van der Waals surface area contributed by atoms with Gasteiger partial charge in [0.15, 0.2) is 0 Å². The van der Waals surface area contributed by atoms with Crippen molar-refractivity contribution in [1.29, 1.82) is 0 Å². The second-order valence-electron chi connectivity index (χ2n) is 4.87. The molecular weight excluding hydrogens is 282 g/mol. The Hall–Kier alpha value is -2.28. The molecule has 0 aromatic carbocycles. The fourth-order valence-electron chi connectivity index (χ4n) is 2.04. The molecule has 0 unspecified atom stereocenters. The molecule has 22 heavy (non-hydrogen) atoms. The highest BCUT2D eigenvalue weighted by Crippen LogP contribution is 2.18. The summed E-state index contributed by atoms with van der Waals surface area (Å²) >= 11 is 0. The van der Waals surface area contributed by atoms with Crippen LogP contribution in [0.25, 0.3) is 11.3 Å². The summed E-state index contributed by atoms with van der Waals surface area (Å²) in [4.78, 5) is 27.4. The molecule has 0 radical (unpaired) electrons. The average molecular weight is 303 g/mol. The fraction of sp³-hybridized carbons (Fsp3) is 0.467. The van der Waals surface area contributed by atoms with E-state index in [0.29, 0.717) is 37.2 Å². The molecule has 0 aliphatic carbocycles. The van der Waals surface area contributed by atoms with Crippen molar-refractivity contribution >= 4 is 5.95 Å². The van der Waals surface area contributed by atoms with Crippen molar-refractivity contribution < 1.29 is 4.74 Å². The van der Waals surface area contributed by atoms with Crippen LogP contribution in [0.1, 0.15) is 24.9 Å². The van der Waals surface area contributed by atoms with Gasteiger partial charge in [0.05, 0.1) is 11.4 Å². The first-order chi connectivity index (χ1) is 10.6. The first kappa shape index (κ1) is 16.1. The van der Waals surface area contributed by atoms with Gasteiger partial charge in [-0.25, -0.2) is 15.0 Å². The maximum Gasteiger partial charge on any atom is 0.252 e. The third kappa shape index (κ3) is 4.36. The van der Waals surface area contributed by atoms with E-state index in [0.717, 1.165) is 17.7 Å². The van der Waals surface area contributed by atoms with Gasteiger partial charge in [-0.2, -0.15) is 0 Å². The predicted octanol–water partition coefficient (Wildman–Crippen LogP) is 1.68. The molecule has 2 aromatic heterocycles. The summed E-state index contributed by atoms with van der Waals surface area (Å²) in [6, 6.07) is 1.45. The van der Waals surface area contributed by atoms with Crippen LogP contribution >= 0.6 is 0 Å². The van der Waals surface area contributed by atoms with Gasteiger partial charge in [-0.1, -0.05) is 0 Å². The summed E-state index contributed by atoms with van der Waals surface area (Å²) in [6.45, 7) is 7.72. The molecule has 7 nitrogen and oxygen atoms in total. The number of aryl methyl sites for hydroxylation is 2. The van der Waals surface area contributed by atoms with E-state index >= 15 is 0 Å². The van der Waals surface area contributed by atoms with E-state index in [-0.39, 0.29) is 5.56 Å². The number of aromatic nitrogens is 4. The normalized spacial score (nSPS) is 10.7. The van der Waals surface area contributed by atoms with Crippen molar-refractivity contribution in [3.63, 3.8) is 0 Å². The lowest BCUT2D eigenvalue weighted by Crippen LogP contribution is -2.15. The molecule has 0 saturated carbocycles. The van der Waals surface area contributed by atoms with Crippen molar-refractivity contribution in [3.8, 4) is 11.3 Å². The number of hydrogen-bond donors (Lipinski definition) is 2. The largest absolute Gasteiger partial charge is 0.382 e.